The average molecular weight is 966 g/mol. The molecule has 18 heteroatoms. The molecule has 2 aromatic carbocycles. The molecular weight excluding hydrogens is 899 g/mol. The van der Waals surface area contributed by atoms with Crippen LogP contribution in [0.5, 0.6) is 5.88 Å². The predicted molar refractivity (Wildman–Crippen MR) is 266 cm³/mol. The molecular formula is C51H67N9O8S. The number of anilines is 4. The first-order valence-electron chi connectivity index (χ1n) is 24.7. The van der Waals surface area contributed by atoms with E-state index in [4.69, 9.17) is 24.9 Å². The molecule has 10 rings (SSSR count). The Bertz CT molecular complexity index is 2760. The van der Waals surface area contributed by atoms with E-state index in [9.17, 15) is 23.3 Å². The van der Waals surface area contributed by atoms with Gasteiger partial charge >= 0.3 is 0 Å². The summed E-state index contributed by atoms with van der Waals surface area (Å²) in [5, 5.41) is 16.1. The number of carbonyl (C=O) groups excluding carboxylic acids is 1. The van der Waals surface area contributed by atoms with Gasteiger partial charge in [0.05, 0.1) is 53.6 Å². The standard InChI is InChI=1S/C51H67N9O8S/c1-48(2)12-10-35(40(29-48)50-13-15-51(33-50,16-14-50)49(3,4)52)31-57-19-21-58(22-20-57)36-6-8-39(42(27-36)59-18-5-23-68-47-44(59)26-34-11-17-53-45(34)55-47)46(61)56-69(64,65)38-7-9-41(43(28-38)60(62)63)54-30-37-32-66-24-25-67-37/h6-9,11,17,26-28,37,54H,5,10,12-16,18-25,29-33,52H2,1-4H3,(H,53,55)(H,56,61). The van der Waals surface area contributed by atoms with Crippen molar-refractivity contribution in [1.29, 1.82) is 0 Å². The molecule has 0 radical (unpaired) electrons. The number of amides is 1. The van der Waals surface area contributed by atoms with E-state index in [1.54, 1.807) is 23.4 Å². The number of sulfonamides is 1. The number of piperazine rings is 1. The van der Waals surface area contributed by atoms with E-state index >= 15 is 0 Å². The van der Waals surface area contributed by atoms with Gasteiger partial charge in [-0.05, 0) is 130 Å². The van der Waals surface area contributed by atoms with Gasteiger partial charge in [0.15, 0.2) is 0 Å². The fourth-order valence-corrected chi connectivity index (χ4v) is 13.2. The van der Waals surface area contributed by atoms with E-state index in [-0.39, 0.29) is 45.7 Å². The highest BCUT2D eigenvalue weighted by molar-refractivity contribution is 7.90. The number of rotatable bonds is 13. The molecule has 6 aliphatic rings. The second-order valence-corrected chi connectivity index (χ2v) is 23.4. The van der Waals surface area contributed by atoms with Crippen LogP contribution in [-0.4, -0.2) is 118 Å². The second-order valence-electron chi connectivity index (χ2n) is 21.7. The van der Waals surface area contributed by atoms with E-state index in [0.29, 0.717) is 62.3 Å². The number of nitro benzene ring substituents is 1. The number of nitrogens with zero attached hydrogens (tertiary/aromatic N) is 5. The summed E-state index contributed by atoms with van der Waals surface area (Å²) in [7, 11) is -4.59. The minimum atomic E-state index is -4.59. The van der Waals surface area contributed by atoms with Crippen molar-refractivity contribution in [2.24, 2.45) is 22.0 Å². The number of fused-ring (bicyclic) bond motifs is 4. The van der Waals surface area contributed by atoms with Gasteiger partial charge in [0.1, 0.15) is 17.0 Å². The normalized spacial score (nSPS) is 25.3. The molecule has 2 bridgehead atoms. The van der Waals surface area contributed by atoms with Crippen LogP contribution < -0.4 is 30.3 Å². The first-order valence-corrected chi connectivity index (χ1v) is 26.2. The molecule has 3 aliphatic carbocycles. The Morgan fingerprint density at radius 2 is 1.78 bits per heavy atom. The van der Waals surface area contributed by atoms with Crippen LogP contribution in [0.3, 0.4) is 0 Å². The Morgan fingerprint density at radius 3 is 2.51 bits per heavy atom. The highest BCUT2D eigenvalue weighted by atomic mass is 32.2. The lowest BCUT2D eigenvalue weighted by Gasteiger charge is -2.43. The molecule has 0 spiro atoms. The quantitative estimate of drug-likeness (QED) is 0.0576. The van der Waals surface area contributed by atoms with Gasteiger partial charge in [-0.15, -0.1) is 0 Å². The first kappa shape index (κ1) is 47.4. The third kappa shape index (κ3) is 9.30. The number of hydrogen-bond acceptors (Lipinski definition) is 14. The number of aromatic amines is 1. The Morgan fingerprint density at radius 1 is 0.986 bits per heavy atom. The number of nitrogens with one attached hydrogen (secondary N) is 3. The third-order valence-electron chi connectivity index (χ3n) is 16.3. The molecule has 2 saturated heterocycles. The zero-order valence-electron chi connectivity index (χ0n) is 40.4. The number of aromatic nitrogens is 2. The molecule has 1 amide bonds. The monoisotopic (exact) mass is 965 g/mol. The lowest BCUT2D eigenvalue weighted by molar-refractivity contribution is -0.384. The van der Waals surface area contributed by atoms with Gasteiger partial charge in [-0.2, -0.15) is 4.98 Å². The molecule has 4 fully saturated rings. The molecule has 370 valence electrons. The number of ether oxygens (including phenoxy) is 3. The van der Waals surface area contributed by atoms with E-state index in [2.05, 4.69) is 52.5 Å². The number of H-pyrrole nitrogens is 1. The van der Waals surface area contributed by atoms with Crippen molar-refractivity contribution < 1.29 is 32.3 Å². The van der Waals surface area contributed by atoms with Crippen LogP contribution >= 0.6 is 0 Å². The molecule has 2 aromatic heterocycles. The lowest BCUT2D eigenvalue weighted by Crippen LogP contribution is -2.48. The van der Waals surface area contributed by atoms with Gasteiger partial charge in [0, 0.05) is 74.7 Å². The van der Waals surface area contributed by atoms with Crippen molar-refractivity contribution in [3.63, 3.8) is 0 Å². The molecule has 5 N–H and O–H groups in total. The number of pyridine rings is 1. The first-order chi connectivity index (χ1) is 32.9. The average Bonchev–Trinajstić information content (AvgIpc) is 4.03. The summed E-state index contributed by atoms with van der Waals surface area (Å²) in [5.74, 6) is -0.477. The topological polar surface area (TPSA) is 211 Å². The number of nitro groups is 1. The third-order valence-corrected chi connectivity index (χ3v) is 17.7. The fraction of sp³-hybridized carbons (Fsp3) is 0.569. The van der Waals surface area contributed by atoms with E-state index in [1.165, 1.54) is 57.1 Å². The van der Waals surface area contributed by atoms with Gasteiger partial charge in [0.25, 0.3) is 21.6 Å². The minimum absolute atomic E-state index is 0.116. The molecule has 17 nitrogen and oxygen atoms in total. The summed E-state index contributed by atoms with van der Waals surface area (Å²) in [5.41, 5.74) is 13.4. The van der Waals surface area contributed by atoms with Crippen LogP contribution in [0.25, 0.3) is 11.0 Å². The van der Waals surface area contributed by atoms with Crippen molar-refractivity contribution >= 4 is 55.4 Å². The number of allylic oxidation sites excluding steroid dienone is 1. The van der Waals surface area contributed by atoms with Crippen LogP contribution in [0.1, 0.15) is 95.8 Å². The molecule has 69 heavy (non-hydrogen) atoms. The largest absolute Gasteiger partial charge is 0.476 e. The molecule has 1 unspecified atom stereocenters. The second kappa shape index (κ2) is 18.2. The maximum atomic E-state index is 14.5. The van der Waals surface area contributed by atoms with Gasteiger partial charge < -0.3 is 40.0 Å². The van der Waals surface area contributed by atoms with Crippen LogP contribution in [0.4, 0.5) is 28.4 Å². The van der Waals surface area contributed by atoms with Gasteiger partial charge in [-0.3, -0.25) is 19.8 Å². The van der Waals surface area contributed by atoms with Gasteiger partial charge in [0.2, 0.25) is 5.88 Å². The highest BCUT2D eigenvalue weighted by Crippen LogP contribution is 2.69. The van der Waals surface area contributed by atoms with E-state index < -0.39 is 31.4 Å². The van der Waals surface area contributed by atoms with Crippen molar-refractivity contribution in [1.82, 2.24) is 19.6 Å². The zero-order valence-corrected chi connectivity index (χ0v) is 41.2. The smallest absolute Gasteiger partial charge is 0.293 e. The number of benzene rings is 2. The summed E-state index contributed by atoms with van der Waals surface area (Å²) in [6.07, 6.45) is 11.8. The van der Waals surface area contributed by atoms with E-state index in [0.717, 1.165) is 56.3 Å². The molecule has 1 atom stereocenters. The lowest BCUT2D eigenvalue weighted by atomic mass is 9.64. The van der Waals surface area contributed by atoms with Crippen LogP contribution in [0, 0.1) is 26.4 Å². The van der Waals surface area contributed by atoms with Crippen LogP contribution in [0.2, 0.25) is 0 Å². The Kier molecular flexibility index (Phi) is 12.5. The SMILES string of the molecule is CC1(C)CCC(CN2CCN(c3ccc(C(=O)NS(=O)(=O)c4ccc(NCC5COCCO5)c([N+](=O)[O-])c4)c(N4CCCOc5nc6[nH]ccc6cc54)c3)CC2)=C(C23CCC(C(C)(C)N)(CC2)C3)C1. The fourth-order valence-electron chi connectivity index (χ4n) is 12.2. The predicted octanol–water partition coefficient (Wildman–Crippen LogP) is 7.65. The number of hydrogen-bond donors (Lipinski definition) is 4. The molecule has 3 aliphatic heterocycles. The zero-order chi connectivity index (χ0) is 48.3. The number of carbonyl (C=O) groups is 1. The highest BCUT2D eigenvalue weighted by Gasteiger charge is 2.61. The summed E-state index contributed by atoms with van der Waals surface area (Å²) < 4.78 is 47.4. The Labute approximate surface area is 404 Å². The molecule has 2 saturated carbocycles. The summed E-state index contributed by atoms with van der Waals surface area (Å²) in [6.45, 7) is 16.0. The van der Waals surface area contributed by atoms with Crippen molar-refractivity contribution in [2.45, 2.75) is 102 Å². The maximum Gasteiger partial charge on any atom is 0.293 e. The maximum absolute atomic E-state index is 14.5. The van der Waals surface area contributed by atoms with Crippen molar-refractivity contribution in [3.05, 3.63) is 81.6 Å². The van der Waals surface area contributed by atoms with Crippen molar-refractivity contribution in [3.8, 4) is 5.88 Å². The summed E-state index contributed by atoms with van der Waals surface area (Å²) in [4.78, 5) is 40.5. The van der Waals surface area contributed by atoms with Gasteiger partial charge in [-0.25, -0.2) is 13.1 Å². The van der Waals surface area contributed by atoms with Crippen molar-refractivity contribution in [2.75, 3.05) is 87.4 Å². The Hall–Kier alpha value is -5.27. The number of nitrogens with two attached hydrogens (primary N) is 1. The molecule has 4 aromatic rings. The van der Waals surface area contributed by atoms with Crippen LogP contribution in [0.15, 0.2) is 70.8 Å². The Balaban J connectivity index is 0.913. The summed E-state index contributed by atoms with van der Waals surface area (Å²) >= 11 is 0. The summed E-state index contributed by atoms with van der Waals surface area (Å²) in [6, 6.07) is 12.9. The minimum Gasteiger partial charge on any atom is -0.476 e. The van der Waals surface area contributed by atoms with E-state index in [1.807, 2.05) is 29.2 Å². The molecule has 5 heterocycles. The van der Waals surface area contributed by atoms with Gasteiger partial charge in [-0.1, -0.05) is 25.0 Å². The van der Waals surface area contributed by atoms with Crippen LogP contribution in [-0.2, 0) is 19.5 Å².